The van der Waals surface area contributed by atoms with Crippen LogP contribution in [-0.2, 0) is 11.8 Å². The average Bonchev–Trinajstić information content (AvgIpc) is 2.84. The van der Waals surface area contributed by atoms with Crippen LogP contribution in [0.25, 0.3) is 0 Å². The largest absolute Gasteiger partial charge is 0.497 e. The third-order valence-electron chi connectivity index (χ3n) is 6.39. The average molecular weight is 455 g/mol. The number of hydrogen-bond donors (Lipinski definition) is 0. The first-order valence-electron chi connectivity index (χ1n) is 11.4. The van der Waals surface area contributed by atoms with Crippen LogP contribution in [-0.4, -0.2) is 53.5 Å². The molecule has 0 saturated carbocycles. The maximum Gasteiger partial charge on any atom is 0.203 e. The van der Waals surface area contributed by atoms with E-state index in [2.05, 4.69) is 44.0 Å². The second-order valence-corrected chi connectivity index (χ2v) is 8.66. The summed E-state index contributed by atoms with van der Waals surface area (Å²) in [6, 6.07) is 14.7. The molecular formula is C27H38N2O4. The molecule has 1 unspecified atom stereocenters. The fraction of sp³-hybridized carbons (Fsp3) is 0.519. The first-order chi connectivity index (χ1) is 15.8. The van der Waals surface area contributed by atoms with Gasteiger partial charge in [-0.25, -0.2) is 0 Å². The molecule has 0 radical (unpaired) electrons. The van der Waals surface area contributed by atoms with Crippen molar-refractivity contribution in [2.75, 3.05) is 48.6 Å². The minimum Gasteiger partial charge on any atom is -0.497 e. The Hall–Kier alpha value is -2.91. The van der Waals surface area contributed by atoms with E-state index in [9.17, 15) is 5.26 Å². The molecule has 6 heteroatoms. The molecular weight excluding hydrogens is 416 g/mol. The first kappa shape index (κ1) is 26.3. The molecule has 2 rings (SSSR count). The van der Waals surface area contributed by atoms with Crippen LogP contribution in [0.2, 0.25) is 0 Å². The molecule has 0 amide bonds. The Labute approximate surface area is 199 Å². The van der Waals surface area contributed by atoms with Gasteiger partial charge in [0.05, 0.1) is 39.9 Å². The van der Waals surface area contributed by atoms with E-state index in [4.69, 9.17) is 18.9 Å². The predicted molar refractivity (Wildman–Crippen MR) is 132 cm³/mol. The predicted octanol–water partition coefficient (Wildman–Crippen LogP) is 5.09. The molecule has 180 valence electrons. The van der Waals surface area contributed by atoms with Crippen molar-refractivity contribution in [3.63, 3.8) is 0 Å². The Morgan fingerprint density at radius 2 is 1.61 bits per heavy atom. The Morgan fingerprint density at radius 3 is 2.12 bits per heavy atom. The van der Waals surface area contributed by atoms with Gasteiger partial charge < -0.3 is 23.8 Å². The molecule has 2 aromatic carbocycles. The first-order valence-corrected chi connectivity index (χ1v) is 11.4. The van der Waals surface area contributed by atoms with Gasteiger partial charge in [0.2, 0.25) is 5.75 Å². The molecule has 0 spiro atoms. The summed E-state index contributed by atoms with van der Waals surface area (Å²) in [4.78, 5) is 2.32. The van der Waals surface area contributed by atoms with Crippen LogP contribution in [0.15, 0.2) is 36.4 Å². The number of nitrogens with zero attached hydrogens (tertiary/aromatic N) is 2. The highest BCUT2D eigenvalue weighted by Crippen LogP contribution is 2.45. The van der Waals surface area contributed by atoms with Crippen molar-refractivity contribution in [1.82, 2.24) is 4.90 Å². The quantitative estimate of drug-likeness (QED) is 0.420. The Kier molecular flexibility index (Phi) is 9.87. The summed E-state index contributed by atoms with van der Waals surface area (Å²) in [5.41, 5.74) is 1.50. The summed E-state index contributed by atoms with van der Waals surface area (Å²) in [7, 11) is 8.60. The summed E-state index contributed by atoms with van der Waals surface area (Å²) >= 11 is 0. The molecule has 0 aromatic heterocycles. The topological polar surface area (TPSA) is 64.0 Å². The van der Waals surface area contributed by atoms with Crippen molar-refractivity contribution in [1.29, 1.82) is 5.26 Å². The van der Waals surface area contributed by atoms with Gasteiger partial charge in [0, 0.05) is 6.54 Å². The van der Waals surface area contributed by atoms with Crippen molar-refractivity contribution >= 4 is 0 Å². The van der Waals surface area contributed by atoms with Crippen LogP contribution in [0, 0.1) is 17.2 Å². The van der Waals surface area contributed by atoms with Crippen LogP contribution in [0.1, 0.15) is 37.8 Å². The van der Waals surface area contributed by atoms with Crippen molar-refractivity contribution in [3.05, 3.63) is 47.5 Å². The van der Waals surface area contributed by atoms with Crippen molar-refractivity contribution in [2.24, 2.45) is 5.92 Å². The van der Waals surface area contributed by atoms with E-state index in [1.165, 1.54) is 5.56 Å². The monoisotopic (exact) mass is 454 g/mol. The molecule has 0 aliphatic rings. The fourth-order valence-electron chi connectivity index (χ4n) is 4.24. The van der Waals surface area contributed by atoms with Gasteiger partial charge >= 0.3 is 0 Å². The number of likely N-dealkylation sites (N-methyl/N-ethyl adjacent to an activating group) is 1. The molecule has 1 atom stereocenters. The molecule has 6 nitrogen and oxygen atoms in total. The Balaban J connectivity index is 2.12. The highest BCUT2D eigenvalue weighted by molar-refractivity contribution is 5.56. The number of hydrogen-bond acceptors (Lipinski definition) is 6. The maximum atomic E-state index is 10.3. The third-order valence-corrected chi connectivity index (χ3v) is 6.39. The molecule has 33 heavy (non-hydrogen) atoms. The Bertz CT molecular complexity index is 913. The van der Waals surface area contributed by atoms with Gasteiger partial charge in [0.15, 0.2) is 11.5 Å². The lowest BCUT2D eigenvalue weighted by atomic mass is 9.69. The second kappa shape index (κ2) is 12.4. The van der Waals surface area contributed by atoms with Gasteiger partial charge in [-0.1, -0.05) is 26.0 Å². The molecule has 0 bridgehead atoms. The van der Waals surface area contributed by atoms with E-state index in [1.54, 1.807) is 28.4 Å². The lowest BCUT2D eigenvalue weighted by Gasteiger charge is -2.33. The van der Waals surface area contributed by atoms with E-state index >= 15 is 0 Å². The zero-order valence-corrected chi connectivity index (χ0v) is 21.1. The number of ether oxygens (including phenoxy) is 4. The fourth-order valence-corrected chi connectivity index (χ4v) is 4.24. The van der Waals surface area contributed by atoms with E-state index in [-0.39, 0.29) is 5.92 Å². The van der Waals surface area contributed by atoms with E-state index in [1.807, 2.05) is 24.3 Å². The molecule has 0 aliphatic carbocycles. The van der Waals surface area contributed by atoms with Crippen LogP contribution >= 0.6 is 0 Å². The smallest absolute Gasteiger partial charge is 0.203 e. The number of nitriles is 1. The summed E-state index contributed by atoms with van der Waals surface area (Å²) in [5.74, 6) is 2.69. The zero-order chi connectivity index (χ0) is 24.4. The maximum absolute atomic E-state index is 10.3. The summed E-state index contributed by atoms with van der Waals surface area (Å²) in [6.07, 6.45) is 2.59. The molecule has 2 aromatic rings. The van der Waals surface area contributed by atoms with Crippen LogP contribution in [0.5, 0.6) is 23.0 Å². The SMILES string of the molecule is COc1cccc(CCN(C)CCCC(C#N)(c2cc(OC)c(OC)c(OC)c2)C(C)C)c1. The van der Waals surface area contributed by atoms with Crippen LogP contribution in [0.3, 0.4) is 0 Å². The normalized spacial score (nSPS) is 12.8. The number of methoxy groups -OCH3 is 4. The highest BCUT2D eigenvalue weighted by atomic mass is 16.5. The van der Waals surface area contributed by atoms with Gasteiger partial charge in [-0.2, -0.15) is 5.26 Å². The molecule has 0 saturated heterocycles. The lowest BCUT2D eigenvalue weighted by molar-refractivity contribution is 0.290. The molecule has 0 N–H and O–H groups in total. The number of rotatable bonds is 13. The minimum absolute atomic E-state index is 0.118. The van der Waals surface area contributed by atoms with Crippen molar-refractivity contribution in [2.45, 2.75) is 38.5 Å². The second-order valence-electron chi connectivity index (χ2n) is 8.66. The molecule has 0 fully saturated rings. The van der Waals surface area contributed by atoms with E-state index < -0.39 is 5.41 Å². The summed E-state index contributed by atoms with van der Waals surface area (Å²) in [6.45, 7) is 6.04. The van der Waals surface area contributed by atoms with Gasteiger partial charge in [-0.05, 0) is 74.2 Å². The van der Waals surface area contributed by atoms with Crippen molar-refractivity contribution < 1.29 is 18.9 Å². The number of benzene rings is 2. The molecule has 0 heterocycles. The van der Waals surface area contributed by atoms with Gasteiger partial charge in [-0.3, -0.25) is 0 Å². The lowest BCUT2D eigenvalue weighted by Crippen LogP contribution is -2.32. The molecule has 0 aliphatic heterocycles. The van der Waals surface area contributed by atoms with Crippen molar-refractivity contribution in [3.8, 4) is 29.1 Å². The van der Waals surface area contributed by atoms with E-state index in [0.29, 0.717) is 17.2 Å². The Morgan fingerprint density at radius 1 is 0.939 bits per heavy atom. The summed E-state index contributed by atoms with van der Waals surface area (Å²) < 4.78 is 21.9. The van der Waals surface area contributed by atoms with Gasteiger partial charge in [-0.15, -0.1) is 0 Å². The highest BCUT2D eigenvalue weighted by Gasteiger charge is 2.37. The van der Waals surface area contributed by atoms with Crippen LogP contribution in [0.4, 0.5) is 0 Å². The van der Waals surface area contributed by atoms with Gasteiger partial charge in [0.25, 0.3) is 0 Å². The van der Waals surface area contributed by atoms with E-state index in [0.717, 1.165) is 43.7 Å². The van der Waals surface area contributed by atoms with Gasteiger partial charge in [0.1, 0.15) is 5.75 Å². The summed E-state index contributed by atoms with van der Waals surface area (Å²) in [5, 5.41) is 10.3. The third kappa shape index (κ3) is 6.33. The standard InChI is InChI=1S/C27H38N2O4/c1-20(2)27(19-28,22-17-24(31-5)26(33-7)25(18-22)32-6)13-9-14-29(3)15-12-21-10-8-11-23(16-21)30-4/h8,10-11,16-18,20H,9,12-15H2,1-7H3. The minimum atomic E-state index is -0.652. The van der Waals surface area contributed by atoms with Crippen LogP contribution < -0.4 is 18.9 Å². The zero-order valence-electron chi connectivity index (χ0n) is 21.1.